The zero-order valence-electron chi connectivity index (χ0n) is 10.00. The van der Waals surface area contributed by atoms with Crippen LogP contribution < -0.4 is 10.5 Å². The first-order chi connectivity index (χ1) is 8.70. The number of para-hydroxylation sites is 1. The van der Waals surface area contributed by atoms with Gasteiger partial charge in [-0.25, -0.2) is 0 Å². The lowest BCUT2D eigenvalue weighted by Crippen LogP contribution is -2.14. The van der Waals surface area contributed by atoms with Crippen LogP contribution in [0.25, 0.3) is 0 Å². The van der Waals surface area contributed by atoms with Crippen molar-refractivity contribution in [2.75, 3.05) is 0 Å². The van der Waals surface area contributed by atoms with E-state index in [0.717, 1.165) is 11.3 Å². The summed E-state index contributed by atoms with van der Waals surface area (Å²) < 4.78 is 5.68. The lowest BCUT2D eigenvalue weighted by molar-refractivity contribution is 0.318. The lowest BCUT2D eigenvalue weighted by atomic mass is 10.1. The molecule has 4 heteroatoms. The van der Waals surface area contributed by atoms with E-state index in [2.05, 4.69) is 5.16 Å². The van der Waals surface area contributed by atoms with Gasteiger partial charge in [-0.3, -0.25) is 0 Å². The number of rotatable bonds is 3. The summed E-state index contributed by atoms with van der Waals surface area (Å²) in [6.45, 7) is 1.88. The summed E-state index contributed by atoms with van der Waals surface area (Å²) in [5.74, 6) is 1.58. The number of hydrogen-bond donors (Lipinski definition) is 2. The van der Waals surface area contributed by atoms with Gasteiger partial charge in [0, 0.05) is 5.56 Å². The first kappa shape index (κ1) is 12.0. The topological polar surface area (TPSA) is 67.8 Å². The van der Waals surface area contributed by atoms with E-state index in [1.165, 1.54) is 0 Å². The van der Waals surface area contributed by atoms with Crippen LogP contribution in [0, 0.1) is 6.92 Å². The molecule has 0 fully saturated rings. The molecule has 0 aliphatic heterocycles. The highest BCUT2D eigenvalue weighted by molar-refractivity contribution is 5.98. The molecule has 0 aliphatic rings. The summed E-state index contributed by atoms with van der Waals surface area (Å²) >= 11 is 0. The molecule has 4 nitrogen and oxygen atoms in total. The molecule has 0 aliphatic carbocycles. The van der Waals surface area contributed by atoms with E-state index >= 15 is 0 Å². The number of aryl methyl sites for hydroxylation is 1. The molecule has 0 heterocycles. The Morgan fingerprint density at radius 2 is 1.83 bits per heavy atom. The third-order valence-corrected chi connectivity index (χ3v) is 2.56. The number of hydrogen-bond acceptors (Lipinski definition) is 3. The van der Waals surface area contributed by atoms with E-state index in [1.54, 1.807) is 12.1 Å². The standard InChI is InChI=1S/C14H14N2O2/c1-10-9-12(7-8-13(10)14(15)16-17)18-11-5-3-2-4-6-11/h2-9,17H,1H3,(H2,15,16). The Hall–Kier alpha value is -2.49. The molecule has 0 amide bonds. The molecule has 0 radical (unpaired) electrons. The minimum absolute atomic E-state index is 0.0961. The van der Waals surface area contributed by atoms with Crippen molar-refractivity contribution < 1.29 is 9.94 Å². The van der Waals surface area contributed by atoms with Crippen LogP contribution in [0.2, 0.25) is 0 Å². The molecule has 2 aromatic rings. The normalized spacial score (nSPS) is 11.3. The minimum atomic E-state index is 0.0961. The SMILES string of the molecule is Cc1cc(Oc2ccccc2)ccc1/C(N)=N/O. The molecular formula is C14H14N2O2. The Labute approximate surface area is 105 Å². The molecule has 0 spiro atoms. The number of nitrogens with zero attached hydrogens (tertiary/aromatic N) is 1. The van der Waals surface area contributed by atoms with Gasteiger partial charge in [-0.2, -0.15) is 0 Å². The molecule has 2 rings (SSSR count). The predicted molar refractivity (Wildman–Crippen MR) is 70.2 cm³/mol. The van der Waals surface area contributed by atoms with Gasteiger partial charge in [0.1, 0.15) is 11.5 Å². The summed E-state index contributed by atoms with van der Waals surface area (Å²) in [7, 11) is 0. The molecule has 92 valence electrons. The van der Waals surface area contributed by atoms with Gasteiger partial charge >= 0.3 is 0 Å². The van der Waals surface area contributed by atoms with Crippen LogP contribution >= 0.6 is 0 Å². The third kappa shape index (κ3) is 2.60. The fourth-order valence-corrected chi connectivity index (χ4v) is 1.67. The van der Waals surface area contributed by atoms with E-state index in [1.807, 2.05) is 43.3 Å². The summed E-state index contributed by atoms with van der Waals surface area (Å²) in [4.78, 5) is 0. The van der Waals surface area contributed by atoms with Crippen LogP contribution in [-0.2, 0) is 0 Å². The lowest BCUT2D eigenvalue weighted by Gasteiger charge is -2.09. The van der Waals surface area contributed by atoms with Gasteiger partial charge in [-0.1, -0.05) is 23.4 Å². The van der Waals surface area contributed by atoms with Crippen molar-refractivity contribution in [3.8, 4) is 11.5 Å². The van der Waals surface area contributed by atoms with Gasteiger partial charge in [0.15, 0.2) is 5.84 Å². The average Bonchev–Trinajstić information content (AvgIpc) is 2.39. The van der Waals surface area contributed by atoms with E-state index in [0.29, 0.717) is 11.3 Å². The molecule has 0 unspecified atom stereocenters. The first-order valence-corrected chi connectivity index (χ1v) is 5.52. The van der Waals surface area contributed by atoms with Gasteiger partial charge in [0.25, 0.3) is 0 Å². The molecule has 0 aromatic heterocycles. The quantitative estimate of drug-likeness (QED) is 0.376. The second kappa shape index (κ2) is 5.23. The van der Waals surface area contributed by atoms with Gasteiger partial charge < -0.3 is 15.7 Å². The second-order valence-corrected chi connectivity index (χ2v) is 3.88. The fourth-order valence-electron chi connectivity index (χ4n) is 1.67. The van der Waals surface area contributed by atoms with E-state index in [9.17, 15) is 0 Å². The van der Waals surface area contributed by atoms with Crippen molar-refractivity contribution in [3.63, 3.8) is 0 Å². The Morgan fingerprint density at radius 1 is 1.11 bits per heavy atom. The Bertz CT molecular complexity index is 565. The van der Waals surface area contributed by atoms with Crippen molar-refractivity contribution in [2.24, 2.45) is 10.9 Å². The summed E-state index contributed by atoms with van der Waals surface area (Å²) in [5, 5.41) is 11.6. The van der Waals surface area contributed by atoms with Crippen molar-refractivity contribution in [1.29, 1.82) is 0 Å². The van der Waals surface area contributed by atoms with Gasteiger partial charge in [0.05, 0.1) is 0 Å². The molecule has 0 atom stereocenters. The Balaban J connectivity index is 2.25. The summed E-state index contributed by atoms with van der Waals surface area (Å²) in [6.07, 6.45) is 0. The maximum Gasteiger partial charge on any atom is 0.170 e. The minimum Gasteiger partial charge on any atom is -0.457 e. The van der Waals surface area contributed by atoms with E-state index in [4.69, 9.17) is 15.7 Å². The molecule has 0 saturated carbocycles. The number of benzene rings is 2. The van der Waals surface area contributed by atoms with Crippen LogP contribution in [0.5, 0.6) is 11.5 Å². The summed E-state index contributed by atoms with van der Waals surface area (Å²) in [5.41, 5.74) is 7.14. The van der Waals surface area contributed by atoms with Gasteiger partial charge in [-0.15, -0.1) is 0 Å². The maximum atomic E-state index is 8.65. The highest BCUT2D eigenvalue weighted by atomic mass is 16.5. The molecule has 3 N–H and O–H groups in total. The third-order valence-electron chi connectivity index (χ3n) is 2.56. The zero-order chi connectivity index (χ0) is 13.0. The monoisotopic (exact) mass is 242 g/mol. The summed E-state index contributed by atoms with van der Waals surface area (Å²) in [6, 6.07) is 14.9. The highest BCUT2D eigenvalue weighted by Crippen LogP contribution is 2.23. The molecule has 0 saturated heterocycles. The Kier molecular flexibility index (Phi) is 3.48. The highest BCUT2D eigenvalue weighted by Gasteiger charge is 2.05. The van der Waals surface area contributed by atoms with E-state index < -0.39 is 0 Å². The number of amidine groups is 1. The van der Waals surface area contributed by atoms with Crippen LogP contribution in [0.15, 0.2) is 53.7 Å². The van der Waals surface area contributed by atoms with Gasteiger partial charge in [0.2, 0.25) is 0 Å². The Morgan fingerprint density at radius 3 is 2.44 bits per heavy atom. The van der Waals surface area contributed by atoms with E-state index in [-0.39, 0.29) is 5.84 Å². The smallest absolute Gasteiger partial charge is 0.170 e. The van der Waals surface area contributed by atoms with Crippen LogP contribution in [-0.4, -0.2) is 11.0 Å². The van der Waals surface area contributed by atoms with Crippen LogP contribution in [0.3, 0.4) is 0 Å². The predicted octanol–water partition coefficient (Wildman–Crippen LogP) is 2.88. The molecular weight excluding hydrogens is 228 g/mol. The zero-order valence-corrected chi connectivity index (χ0v) is 10.00. The molecule has 2 aromatic carbocycles. The largest absolute Gasteiger partial charge is 0.457 e. The second-order valence-electron chi connectivity index (χ2n) is 3.88. The average molecular weight is 242 g/mol. The fraction of sp³-hybridized carbons (Fsp3) is 0.0714. The number of oxime groups is 1. The van der Waals surface area contributed by atoms with Crippen molar-refractivity contribution in [1.82, 2.24) is 0 Å². The molecule has 18 heavy (non-hydrogen) atoms. The van der Waals surface area contributed by atoms with Crippen molar-refractivity contribution in [3.05, 3.63) is 59.7 Å². The maximum absolute atomic E-state index is 8.65. The van der Waals surface area contributed by atoms with Crippen molar-refractivity contribution in [2.45, 2.75) is 6.92 Å². The van der Waals surface area contributed by atoms with Crippen LogP contribution in [0.1, 0.15) is 11.1 Å². The number of ether oxygens (including phenoxy) is 1. The van der Waals surface area contributed by atoms with Crippen LogP contribution in [0.4, 0.5) is 0 Å². The number of nitrogens with two attached hydrogens (primary N) is 1. The first-order valence-electron chi connectivity index (χ1n) is 5.52. The van der Waals surface area contributed by atoms with Crippen molar-refractivity contribution >= 4 is 5.84 Å². The molecule has 0 bridgehead atoms. The van der Waals surface area contributed by atoms with Gasteiger partial charge in [-0.05, 0) is 42.8 Å².